The number of aliphatic hydroxyl groups excluding tert-OH is 1. The molecule has 0 saturated heterocycles. The van der Waals surface area contributed by atoms with Crippen LogP contribution in [0, 0.1) is 0 Å². The summed E-state index contributed by atoms with van der Waals surface area (Å²) in [4.78, 5) is 9.00. The Kier molecular flexibility index (Phi) is 2.98. The van der Waals surface area contributed by atoms with Crippen LogP contribution in [0.2, 0.25) is 0 Å². The van der Waals surface area contributed by atoms with Gasteiger partial charge in [0, 0.05) is 11.9 Å². The van der Waals surface area contributed by atoms with Gasteiger partial charge in [-0.25, -0.2) is 4.98 Å². The monoisotopic (exact) mass is 258 g/mol. The van der Waals surface area contributed by atoms with Gasteiger partial charge in [0.15, 0.2) is 0 Å². The number of fused-ring (bicyclic) bond motifs is 1. The molecule has 3 N–H and O–H groups in total. The lowest BCUT2D eigenvalue weighted by Crippen LogP contribution is -2.26. The minimum Gasteiger partial charge on any atom is -0.394 e. The number of para-hydroxylation sites is 1. The van der Waals surface area contributed by atoms with Crippen molar-refractivity contribution in [2.45, 2.75) is 25.3 Å². The van der Waals surface area contributed by atoms with Gasteiger partial charge in [-0.15, -0.1) is 0 Å². The number of hydrogen-bond donors (Lipinski definition) is 3. The number of nitrogens with zero attached hydrogens (tertiary/aromatic N) is 2. The fraction of sp³-hybridized carbons (Fsp3) is 0.429. The van der Waals surface area contributed by atoms with Gasteiger partial charge in [-0.1, -0.05) is 12.1 Å². The third-order valence-corrected chi connectivity index (χ3v) is 3.48. The van der Waals surface area contributed by atoms with Crippen LogP contribution in [0.25, 0.3) is 10.9 Å². The molecule has 0 radical (unpaired) electrons. The fourth-order valence-electron chi connectivity index (χ4n) is 2.13. The second kappa shape index (κ2) is 4.66. The molecular formula is C14H18N4O. The van der Waals surface area contributed by atoms with Crippen molar-refractivity contribution in [1.29, 1.82) is 0 Å². The molecule has 3 rings (SSSR count). The molecule has 0 aliphatic heterocycles. The SMILES string of the molecule is CCNc1nc(NC2(CO)CC2)c2ccccc2n1. The molecule has 0 amide bonds. The summed E-state index contributed by atoms with van der Waals surface area (Å²) in [7, 11) is 0. The van der Waals surface area contributed by atoms with E-state index in [1.807, 2.05) is 31.2 Å². The van der Waals surface area contributed by atoms with Crippen LogP contribution in [-0.2, 0) is 0 Å². The first-order chi connectivity index (χ1) is 9.26. The summed E-state index contributed by atoms with van der Waals surface area (Å²) in [5.74, 6) is 1.42. The van der Waals surface area contributed by atoms with Gasteiger partial charge in [0.05, 0.1) is 17.7 Å². The van der Waals surface area contributed by atoms with Crippen LogP contribution in [0.15, 0.2) is 24.3 Å². The molecule has 0 atom stereocenters. The lowest BCUT2D eigenvalue weighted by Gasteiger charge is -2.17. The maximum atomic E-state index is 9.44. The summed E-state index contributed by atoms with van der Waals surface area (Å²) in [6.07, 6.45) is 1.97. The van der Waals surface area contributed by atoms with Gasteiger partial charge >= 0.3 is 0 Å². The molecule has 2 aromatic rings. The molecular weight excluding hydrogens is 240 g/mol. The predicted molar refractivity (Wildman–Crippen MR) is 76.4 cm³/mol. The van der Waals surface area contributed by atoms with Crippen molar-refractivity contribution in [2.24, 2.45) is 0 Å². The molecule has 5 nitrogen and oxygen atoms in total. The van der Waals surface area contributed by atoms with Crippen molar-refractivity contribution in [2.75, 3.05) is 23.8 Å². The van der Waals surface area contributed by atoms with E-state index in [0.29, 0.717) is 5.95 Å². The van der Waals surface area contributed by atoms with Gasteiger partial charge in [0.25, 0.3) is 0 Å². The maximum Gasteiger partial charge on any atom is 0.225 e. The highest BCUT2D eigenvalue weighted by atomic mass is 16.3. The smallest absolute Gasteiger partial charge is 0.225 e. The lowest BCUT2D eigenvalue weighted by molar-refractivity contribution is 0.266. The molecule has 1 fully saturated rings. The number of aliphatic hydroxyl groups is 1. The van der Waals surface area contributed by atoms with E-state index in [2.05, 4.69) is 20.6 Å². The van der Waals surface area contributed by atoms with E-state index in [4.69, 9.17) is 0 Å². The summed E-state index contributed by atoms with van der Waals surface area (Å²) >= 11 is 0. The van der Waals surface area contributed by atoms with Crippen molar-refractivity contribution in [3.8, 4) is 0 Å². The molecule has 1 aliphatic carbocycles. The average Bonchev–Trinajstić information content (AvgIpc) is 3.20. The largest absolute Gasteiger partial charge is 0.394 e. The Hall–Kier alpha value is -1.88. The van der Waals surface area contributed by atoms with Gasteiger partial charge in [-0.2, -0.15) is 4.98 Å². The Morgan fingerprint density at radius 1 is 1.26 bits per heavy atom. The number of nitrogens with one attached hydrogen (secondary N) is 2. The Labute approximate surface area is 112 Å². The van der Waals surface area contributed by atoms with Crippen LogP contribution in [-0.4, -0.2) is 33.8 Å². The number of rotatable bonds is 5. The van der Waals surface area contributed by atoms with E-state index >= 15 is 0 Å². The molecule has 1 aromatic heterocycles. The summed E-state index contributed by atoms with van der Waals surface area (Å²) < 4.78 is 0. The van der Waals surface area contributed by atoms with Gasteiger partial charge in [-0.05, 0) is 31.9 Å². The average molecular weight is 258 g/mol. The van der Waals surface area contributed by atoms with Crippen molar-refractivity contribution < 1.29 is 5.11 Å². The van der Waals surface area contributed by atoms with Gasteiger partial charge in [-0.3, -0.25) is 0 Å². The lowest BCUT2D eigenvalue weighted by atomic mass is 10.2. The van der Waals surface area contributed by atoms with E-state index in [1.165, 1.54) is 0 Å². The molecule has 19 heavy (non-hydrogen) atoms. The molecule has 0 spiro atoms. The molecule has 0 unspecified atom stereocenters. The second-order valence-electron chi connectivity index (χ2n) is 5.01. The predicted octanol–water partition coefficient (Wildman–Crippen LogP) is 2.00. The van der Waals surface area contributed by atoms with Gasteiger partial charge in [0.1, 0.15) is 5.82 Å². The number of hydrogen-bond acceptors (Lipinski definition) is 5. The third kappa shape index (κ3) is 2.33. The number of benzene rings is 1. The molecule has 1 heterocycles. The number of anilines is 2. The molecule has 1 aliphatic rings. The van der Waals surface area contributed by atoms with E-state index in [1.54, 1.807) is 0 Å². The van der Waals surface area contributed by atoms with Crippen molar-refractivity contribution in [3.05, 3.63) is 24.3 Å². The first-order valence-corrected chi connectivity index (χ1v) is 6.66. The Bertz CT molecular complexity index is 595. The highest BCUT2D eigenvalue weighted by Gasteiger charge is 2.42. The maximum absolute atomic E-state index is 9.44. The van der Waals surface area contributed by atoms with Crippen molar-refractivity contribution in [1.82, 2.24) is 9.97 Å². The minimum absolute atomic E-state index is 0.141. The first kappa shape index (κ1) is 12.2. The quantitative estimate of drug-likeness (QED) is 0.765. The normalized spacial score (nSPS) is 16.3. The molecule has 5 heteroatoms. The highest BCUT2D eigenvalue weighted by Crippen LogP contribution is 2.39. The minimum atomic E-state index is -0.180. The Morgan fingerprint density at radius 3 is 2.74 bits per heavy atom. The van der Waals surface area contributed by atoms with Crippen molar-refractivity contribution in [3.63, 3.8) is 0 Å². The summed E-state index contributed by atoms with van der Waals surface area (Å²) in [6, 6.07) is 7.92. The van der Waals surface area contributed by atoms with Crippen LogP contribution in [0.5, 0.6) is 0 Å². The zero-order chi connectivity index (χ0) is 13.3. The van der Waals surface area contributed by atoms with E-state index < -0.39 is 0 Å². The van der Waals surface area contributed by atoms with Gasteiger partial charge in [0.2, 0.25) is 5.95 Å². The van der Waals surface area contributed by atoms with E-state index in [0.717, 1.165) is 36.1 Å². The summed E-state index contributed by atoms with van der Waals surface area (Å²) in [6.45, 7) is 2.94. The molecule has 0 bridgehead atoms. The van der Waals surface area contributed by atoms with Crippen LogP contribution >= 0.6 is 0 Å². The zero-order valence-corrected chi connectivity index (χ0v) is 11.0. The van der Waals surface area contributed by atoms with E-state index in [9.17, 15) is 5.11 Å². The van der Waals surface area contributed by atoms with Crippen LogP contribution in [0.1, 0.15) is 19.8 Å². The van der Waals surface area contributed by atoms with Crippen LogP contribution in [0.4, 0.5) is 11.8 Å². The van der Waals surface area contributed by atoms with Crippen LogP contribution in [0.3, 0.4) is 0 Å². The summed E-state index contributed by atoms with van der Waals surface area (Å²) in [5, 5.41) is 17.0. The highest BCUT2D eigenvalue weighted by molar-refractivity contribution is 5.90. The summed E-state index contributed by atoms with van der Waals surface area (Å²) in [5.41, 5.74) is 0.727. The second-order valence-corrected chi connectivity index (χ2v) is 5.01. The number of aromatic nitrogens is 2. The third-order valence-electron chi connectivity index (χ3n) is 3.48. The van der Waals surface area contributed by atoms with Gasteiger partial charge < -0.3 is 15.7 Å². The molecule has 1 saturated carbocycles. The Balaban J connectivity index is 2.04. The zero-order valence-electron chi connectivity index (χ0n) is 11.0. The Morgan fingerprint density at radius 2 is 2.05 bits per heavy atom. The fourth-order valence-corrected chi connectivity index (χ4v) is 2.13. The van der Waals surface area contributed by atoms with Crippen molar-refractivity contribution >= 4 is 22.7 Å². The van der Waals surface area contributed by atoms with E-state index in [-0.39, 0.29) is 12.1 Å². The topological polar surface area (TPSA) is 70.1 Å². The van der Waals surface area contributed by atoms with Crippen LogP contribution < -0.4 is 10.6 Å². The molecule has 100 valence electrons. The molecule has 1 aromatic carbocycles. The first-order valence-electron chi connectivity index (χ1n) is 6.66. The standard InChI is InChI=1S/C14H18N4O/c1-2-15-13-16-11-6-4-3-5-10(11)12(17-13)18-14(9-19)7-8-14/h3-6,19H,2,7-9H2,1H3,(H2,15,16,17,18).